The van der Waals surface area contributed by atoms with Crippen LogP contribution in [0.3, 0.4) is 0 Å². The SMILES string of the molecule is CC(O[Si](C)(C)C)c1n[nH]c(C(C)O[Si](C)(C)C)n1. The molecule has 7 heteroatoms. The normalized spacial score (nSPS) is 16.4. The molecule has 1 N–H and O–H groups in total. The van der Waals surface area contributed by atoms with Crippen LogP contribution in [0.1, 0.15) is 37.7 Å². The standard InChI is InChI=1S/C12H27N3O2Si2/c1-9(16-18(3,4)5)11-13-12(15-14-11)10(2)17-19(6,7)8/h9-10H,1-8H3,(H,13,14,15). The van der Waals surface area contributed by atoms with Crippen molar-refractivity contribution in [1.82, 2.24) is 15.2 Å². The van der Waals surface area contributed by atoms with Crippen LogP contribution in [0.5, 0.6) is 0 Å². The smallest absolute Gasteiger partial charge is 0.184 e. The summed E-state index contributed by atoms with van der Waals surface area (Å²) in [4.78, 5) is 4.51. The molecular weight excluding hydrogens is 274 g/mol. The van der Waals surface area contributed by atoms with Crippen LogP contribution in [0.15, 0.2) is 0 Å². The average Bonchev–Trinajstić information content (AvgIpc) is 2.60. The molecular formula is C12H27N3O2Si2. The van der Waals surface area contributed by atoms with Gasteiger partial charge in [0.05, 0.1) is 0 Å². The number of aromatic amines is 1. The summed E-state index contributed by atoms with van der Waals surface area (Å²) in [6.07, 6.45) is -0.122. The number of H-pyrrole nitrogens is 1. The molecule has 0 amide bonds. The van der Waals surface area contributed by atoms with Gasteiger partial charge in [0.2, 0.25) is 0 Å². The number of aromatic nitrogens is 3. The fourth-order valence-corrected chi connectivity index (χ4v) is 4.16. The van der Waals surface area contributed by atoms with Crippen molar-refractivity contribution in [3.05, 3.63) is 11.6 Å². The molecule has 0 aliphatic heterocycles. The van der Waals surface area contributed by atoms with Crippen molar-refractivity contribution in [2.75, 3.05) is 0 Å². The molecule has 0 saturated carbocycles. The Balaban J connectivity index is 2.71. The van der Waals surface area contributed by atoms with Crippen LogP contribution < -0.4 is 0 Å². The minimum absolute atomic E-state index is 0.0491. The molecule has 0 bridgehead atoms. The summed E-state index contributed by atoms with van der Waals surface area (Å²) in [5.74, 6) is 1.49. The number of hydrogen-bond acceptors (Lipinski definition) is 4. The summed E-state index contributed by atoms with van der Waals surface area (Å²) < 4.78 is 12.0. The van der Waals surface area contributed by atoms with Gasteiger partial charge >= 0.3 is 0 Å². The zero-order valence-corrected chi connectivity index (χ0v) is 15.4. The Morgan fingerprint density at radius 3 is 1.84 bits per heavy atom. The van der Waals surface area contributed by atoms with E-state index in [9.17, 15) is 0 Å². The molecule has 0 aromatic carbocycles. The Morgan fingerprint density at radius 1 is 0.895 bits per heavy atom. The number of hydrogen-bond donors (Lipinski definition) is 1. The second-order valence-electron chi connectivity index (χ2n) is 6.82. The lowest BCUT2D eigenvalue weighted by Crippen LogP contribution is -2.28. The van der Waals surface area contributed by atoms with Gasteiger partial charge in [0.15, 0.2) is 28.3 Å². The predicted molar refractivity (Wildman–Crippen MR) is 82.1 cm³/mol. The highest BCUT2D eigenvalue weighted by molar-refractivity contribution is 6.70. The summed E-state index contributed by atoms with van der Waals surface area (Å²) in [6.45, 7) is 17.0. The van der Waals surface area contributed by atoms with Crippen LogP contribution in [-0.2, 0) is 8.85 Å². The van der Waals surface area contributed by atoms with Crippen LogP contribution in [0.2, 0.25) is 39.3 Å². The third-order valence-electron chi connectivity index (χ3n) is 2.33. The largest absolute Gasteiger partial charge is 0.408 e. The van der Waals surface area contributed by atoms with E-state index in [2.05, 4.69) is 54.5 Å². The van der Waals surface area contributed by atoms with Gasteiger partial charge in [-0.2, -0.15) is 5.10 Å². The van der Waals surface area contributed by atoms with Gasteiger partial charge in [-0.3, -0.25) is 5.10 Å². The fourth-order valence-electron chi connectivity index (χ4n) is 1.82. The Morgan fingerprint density at radius 2 is 1.37 bits per heavy atom. The van der Waals surface area contributed by atoms with Crippen molar-refractivity contribution in [3.8, 4) is 0 Å². The quantitative estimate of drug-likeness (QED) is 0.815. The summed E-state index contributed by atoms with van der Waals surface area (Å²) in [5, 5.41) is 7.21. The van der Waals surface area contributed by atoms with E-state index in [0.29, 0.717) is 5.82 Å². The molecule has 2 unspecified atom stereocenters. The molecule has 5 nitrogen and oxygen atoms in total. The Bertz CT molecular complexity index is 373. The van der Waals surface area contributed by atoms with Gasteiger partial charge in [-0.1, -0.05) is 0 Å². The number of nitrogens with zero attached hydrogens (tertiary/aromatic N) is 2. The maximum atomic E-state index is 5.99. The van der Waals surface area contributed by atoms with Crippen molar-refractivity contribution in [3.63, 3.8) is 0 Å². The third-order valence-corrected chi connectivity index (χ3v) is 4.45. The first-order chi connectivity index (χ1) is 8.48. The topological polar surface area (TPSA) is 60.0 Å². The van der Waals surface area contributed by atoms with Crippen LogP contribution >= 0.6 is 0 Å². The van der Waals surface area contributed by atoms with Crippen molar-refractivity contribution in [1.29, 1.82) is 0 Å². The molecule has 110 valence electrons. The monoisotopic (exact) mass is 301 g/mol. The Labute approximate surface area is 118 Å². The molecule has 0 fully saturated rings. The minimum Gasteiger partial charge on any atom is -0.408 e. The Hall–Kier alpha value is -0.506. The van der Waals surface area contributed by atoms with E-state index in [1.54, 1.807) is 0 Å². The van der Waals surface area contributed by atoms with Gasteiger partial charge in [0.25, 0.3) is 0 Å². The van der Waals surface area contributed by atoms with E-state index < -0.39 is 16.6 Å². The van der Waals surface area contributed by atoms with Gasteiger partial charge in [0, 0.05) is 0 Å². The van der Waals surface area contributed by atoms with Crippen molar-refractivity contribution in [2.45, 2.75) is 65.3 Å². The lowest BCUT2D eigenvalue weighted by Gasteiger charge is -2.22. The third kappa shape index (κ3) is 5.98. The van der Waals surface area contributed by atoms with Gasteiger partial charge in [-0.15, -0.1) is 0 Å². The molecule has 0 saturated heterocycles. The minimum atomic E-state index is -1.58. The molecule has 0 aliphatic rings. The highest BCUT2D eigenvalue weighted by atomic mass is 28.4. The molecule has 2 atom stereocenters. The molecule has 1 aromatic rings. The summed E-state index contributed by atoms with van der Waals surface area (Å²) >= 11 is 0. The second kappa shape index (κ2) is 5.86. The van der Waals surface area contributed by atoms with E-state index in [1.807, 2.05) is 13.8 Å². The van der Waals surface area contributed by atoms with Crippen LogP contribution in [0.4, 0.5) is 0 Å². The molecule has 1 rings (SSSR count). The van der Waals surface area contributed by atoms with Crippen LogP contribution in [-0.4, -0.2) is 31.8 Å². The molecule has 19 heavy (non-hydrogen) atoms. The Kier molecular flexibility index (Phi) is 5.11. The van der Waals surface area contributed by atoms with Crippen molar-refractivity contribution < 1.29 is 8.85 Å². The van der Waals surface area contributed by atoms with E-state index in [1.165, 1.54) is 0 Å². The zero-order chi connectivity index (χ0) is 14.8. The number of rotatable bonds is 6. The molecule has 0 spiro atoms. The van der Waals surface area contributed by atoms with Crippen LogP contribution in [0.25, 0.3) is 0 Å². The van der Waals surface area contributed by atoms with Gasteiger partial charge in [0.1, 0.15) is 12.2 Å². The predicted octanol–water partition coefficient (Wildman–Crippen LogP) is 3.63. The average molecular weight is 302 g/mol. The van der Waals surface area contributed by atoms with E-state index in [-0.39, 0.29) is 12.2 Å². The molecule has 1 heterocycles. The summed E-state index contributed by atoms with van der Waals surface area (Å²) in [6, 6.07) is 0. The van der Waals surface area contributed by atoms with E-state index in [0.717, 1.165) is 5.82 Å². The lowest BCUT2D eigenvalue weighted by molar-refractivity contribution is 0.203. The molecule has 1 aromatic heterocycles. The first-order valence-corrected chi connectivity index (χ1v) is 13.6. The molecule has 0 radical (unpaired) electrons. The van der Waals surface area contributed by atoms with Gasteiger partial charge < -0.3 is 8.85 Å². The van der Waals surface area contributed by atoms with Crippen molar-refractivity contribution >= 4 is 16.6 Å². The first kappa shape index (κ1) is 16.5. The summed E-state index contributed by atoms with van der Waals surface area (Å²) in [5.41, 5.74) is 0. The van der Waals surface area contributed by atoms with Crippen molar-refractivity contribution in [2.24, 2.45) is 0 Å². The van der Waals surface area contributed by atoms with Gasteiger partial charge in [-0.25, -0.2) is 4.98 Å². The maximum Gasteiger partial charge on any atom is 0.184 e. The highest BCUT2D eigenvalue weighted by Gasteiger charge is 2.25. The highest BCUT2D eigenvalue weighted by Crippen LogP contribution is 2.22. The number of nitrogens with one attached hydrogen (secondary N) is 1. The van der Waals surface area contributed by atoms with Gasteiger partial charge in [-0.05, 0) is 53.1 Å². The maximum absolute atomic E-state index is 5.99. The zero-order valence-electron chi connectivity index (χ0n) is 13.4. The molecule has 0 aliphatic carbocycles. The second-order valence-corrected chi connectivity index (χ2v) is 15.7. The van der Waals surface area contributed by atoms with E-state index >= 15 is 0 Å². The lowest BCUT2D eigenvalue weighted by atomic mass is 10.4. The summed E-state index contributed by atoms with van der Waals surface area (Å²) in [7, 11) is -3.15. The first-order valence-electron chi connectivity index (χ1n) is 6.76. The van der Waals surface area contributed by atoms with E-state index in [4.69, 9.17) is 8.85 Å². The van der Waals surface area contributed by atoms with Crippen LogP contribution in [0, 0.1) is 0 Å². The fraction of sp³-hybridized carbons (Fsp3) is 0.833.